The van der Waals surface area contributed by atoms with Crippen LogP contribution >= 0.6 is 11.6 Å². The Labute approximate surface area is 256 Å². The molecule has 224 valence electrons. The molecule has 0 unspecified atom stereocenters. The number of sulfonamides is 1. The van der Waals surface area contributed by atoms with Crippen molar-refractivity contribution in [3.05, 3.63) is 112 Å². The quantitative estimate of drug-likeness (QED) is 0.156. The van der Waals surface area contributed by atoms with E-state index in [2.05, 4.69) is 10.5 Å². The number of carbonyl (C=O) groups is 1. The summed E-state index contributed by atoms with van der Waals surface area (Å²) in [5, 5.41) is 4.67. The molecule has 0 saturated heterocycles. The van der Waals surface area contributed by atoms with Crippen molar-refractivity contribution in [2.45, 2.75) is 25.3 Å². The highest BCUT2D eigenvalue weighted by atomic mass is 35.5. The summed E-state index contributed by atoms with van der Waals surface area (Å²) in [4.78, 5) is 12.9. The third kappa shape index (κ3) is 8.27. The smallest absolute Gasteiger partial charge is 0.264 e. The van der Waals surface area contributed by atoms with Gasteiger partial charge in [0.25, 0.3) is 15.9 Å². The lowest BCUT2D eigenvalue weighted by Crippen LogP contribution is -2.39. The maximum absolute atomic E-state index is 13.8. The predicted molar refractivity (Wildman–Crippen MR) is 168 cm³/mol. The number of hydrazone groups is 1. The van der Waals surface area contributed by atoms with Gasteiger partial charge in [0.15, 0.2) is 11.5 Å². The lowest BCUT2D eigenvalue weighted by Gasteiger charge is -2.25. The zero-order chi connectivity index (χ0) is 31.0. The number of benzene rings is 4. The van der Waals surface area contributed by atoms with E-state index in [1.165, 1.54) is 38.6 Å². The summed E-state index contributed by atoms with van der Waals surface area (Å²) in [7, 11) is -1.30. The second-order valence-corrected chi connectivity index (χ2v) is 12.0. The minimum atomic E-state index is -4.19. The number of nitrogens with one attached hydrogen (secondary N) is 1. The molecule has 4 aromatic carbocycles. The van der Waals surface area contributed by atoms with E-state index in [9.17, 15) is 13.2 Å². The third-order valence-corrected chi connectivity index (χ3v) is 8.31. The fraction of sp³-hybridized carbons (Fsp3) is 0.188. The molecule has 1 amide bonds. The molecule has 0 spiro atoms. The average molecular weight is 622 g/mol. The second kappa shape index (κ2) is 14.1. The Morgan fingerprint density at radius 3 is 2.26 bits per heavy atom. The van der Waals surface area contributed by atoms with E-state index in [-0.39, 0.29) is 10.6 Å². The van der Waals surface area contributed by atoms with E-state index < -0.39 is 22.5 Å². The number of halogens is 1. The van der Waals surface area contributed by atoms with Crippen LogP contribution in [-0.4, -0.2) is 41.3 Å². The topological polar surface area (TPSA) is 107 Å². The van der Waals surface area contributed by atoms with E-state index in [1.54, 1.807) is 42.5 Å². The summed E-state index contributed by atoms with van der Waals surface area (Å²) in [6.45, 7) is 3.58. The molecule has 4 rings (SSSR count). The average Bonchev–Trinajstić information content (AvgIpc) is 2.98. The van der Waals surface area contributed by atoms with Crippen LogP contribution in [-0.2, 0) is 21.4 Å². The van der Waals surface area contributed by atoms with E-state index in [0.29, 0.717) is 34.4 Å². The van der Waals surface area contributed by atoms with Gasteiger partial charge < -0.3 is 14.2 Å². The number of hydrogen-bond acceptors (Lipinski definition) is 7. The molecule has 0 aromatic heterocycles. The van der Waals surface area contributed by atoms with Gasteiger partial charge >= 0.3 is 0 Å². The van der Waals surface area contributed by atoms with Crippen molar-refractivity contribution < 1.29 is 27.4 Å². The first kappa shape index (κ1) is 31.4. The SMILES string of the molecule is COc1ccc(S(=O)(=O)N(CC(=O)N/N=C\c2ccc(OCc3cccc(Cl)c3)cc2)c2cc(C)cc(C)c2)cc1OC. The van der Waals surface area contributed by atoms with Crippen LogP contribution in [0.2, 0.25) is 5.02 Å². The van der Waals surface area contributed by atoms with Crippen molar-refractivity contribution in [1.82, 2.24) is 5.43 Å². The monoisotopic (exact) mass is 621 g/mol. The van der Waals surface area contributed by atoms with Crippen LogP contribution in [0.4, 0.5) is 5.69 Å². The zero-order valence-corrected chi connectivity index (χ0v) is 25.8. The van der Waals surface area contributed by atoms with E-state index in [0.717, 1.165) is 21.0 Å². The molecule has 0 aliphatic heterocycles. The maximum atomic E-state index is 13.8. The van der Waals surface area contributed by atoms with Crippen molar-refractivity contribution in [3.63, 3.8) is 0 Å². The maximum Gasteiger partial charge on any atom is 0.264 e. The van der Waals surface area contributed by atoms with Crippen LogP contribution < -0.4 is 23.9 Å². The highest BCUT2D eigenvalue weighted by molar-refractivity contribution is 7.92. The number of ether oxygens (including phenoxy) is 3. The molecule has 0 atom stereocenters. The van der Waals surface area contributed by atoms with Gasteiger partial charge in [0.05, 0.1) is 31.0 Å². The van der Waals surface area contributed by atoms with Crippen LogP contribution in [0.3, 0.4) is 0 Å². The summed E-state index contributed by atoms with van der Waals surface area (Å²) in [6.07, 6.45) is 1.46. The van der Waals surface area contributed by atoms with Gasteiger partial charge in [-0.1, -0.05) is 29.8 Å². The number of methoxy groups -OCH3 is 2. The Bertz CT molecular complexity index is 1710. The number of hydrogen-bond donors (Lipinski definition) is 1. The normalized spacial score (nSPS) is 11.3. The Morgan fingerprint density at radius 1 is 0.907 bits per heavy atom. The van der Waals surface area contributed by atoms with Crippen LogP contribution in [0.15, 0.2) is 94.9 Å². The first-order valence-corrected chi connectivity index (χ1v) is 15.0. The van der Waals surface area contributed by atoms with E-state index >= 15 is 0 Å². The summed E-state index contributed by atoms with van der Waals surface area (Å²) in [6, 6.07) is 24.2. The summed E-state index contributed by atoms with van der Waals surface area (Å²) in [5.74, 6) is 0.664. The summed E-state index contributed by atoms with van der Waals surface area (Å²) in [5.41, 5.74) is 6.13. The van der Waals surface area contributed by atoms with Gasteiger partial charge in [0.1, 0.15) is 18.9 Å². The molecule has 0 heterocycles. The van der Waals surface area contributed by atoms with Gasteiger partial charge in [0.2, 0.25) is 0 Å². The first-order valence-electron chi connectivity index (χ1n) is 13.2. The number of nitrogens with zero attached hydrogens (tertiary/aromatic N) is 2. The molecule has 11 heteroatoms. The molecular weight excluding hydrogens is 590 g/mol. The van der Waals surface area contributed by atoms with E-state index in [1.807, 2.05) is 38.1 Å². The van der Waals surface area contributed by atoms with E-state index in [4.69, 9.17) is 25.8 Å². The molecule has 0 radical (unpaired) electrons. The van der Waals surface area contributed by atoms with Crippen molar-refractivity contribution in [1.29, 1.82) is 0 Å². The Hall–Kier alpha value is -4.54. The number of amides is 1. The second-order valence-electron chi connectivity index (χ2n) is 9.66. The summed E-state index contributed by atoms with van der Waals surface area (Å²) < 4.78 is 45.1. The molecule has 0 fully saturated rings. The van der Waals surface area contributed by atoms with Crippen molar-refractivity contribution in [3.8, 4) is 17.2 Å². The van der Waals surface area contributed by atoms with Gasteiger partial charge in [0, 0.05) is 11.1 Å². The van der Waals surface area contributed by atoms with Gasteiger partial charge in [-0.05, 0) is 96.8 Å². The van der Waals surface area contributed by atoms with Crippen LogP contribution in [0.25, 0.3) is 0 Å². The van der Waals surface area contributed by atoms with Crippen molar-refractivity contribution in [2.75, 3.05) is 25.1 Å². The minimum absolute atomic E-state index is 0.0571. The molecule has 0 bridgehead atoms. The van der Waals surface area contributed by atoms with Crippen LogP contribution in [0, 0.1) is 13.8 Å². The zero-order valence-electron chi connectivity index (χ0n) is 24.2. The Morgan fingerprint density at radius 2 is 1.60 bits per heavy atom. The van der Waals surface area contributed by atoms with Crippen LogP contribution in [0.1, 0.15) is 22.3 Å². The first-order chi connectivity index (χ1) is 20.6. The fourth-order valence-electron chi connectivity index (χ4n) is 4.30. The standard InChI is InChI=1S/C32H32ClN3O6S/c1-22-14-23(2)16-27(15-22)36(43(38,39)29-12-13-30(40-3)31(18-29)41-4)20-32(37)35-34-19-24-8-10-28(11-9-24)42-21-25-6-5-7-26(33)17-25/h5-19H,20-21H2,1-4H3,(H,35,37)/b34-19-. The number of anilines is 1. The lowest BCUT2D eigenvalue weighted by atomic mass is 10.1. The molecular formula is C32H32ClN3O6S. The Kier molecular flexibility index (Phi) is 10.3. The molecule has 43 heavy (non-hydrogen) atoms. The molecule has 4 aromatic rings. The van der Waals surface area contributed by atoms with Gasteiger partial charge in [-0.3, -0.25) is 9.10 Å². The number of aryl methyl sites for hydroxylation is 2. The minimum Gasteiger partial charge on any atom is -0.493 e. The van der Waals surface area contributed by atoms with Crippen molar-refractivity contribution >= 4 is 39.4 Å². The third-order valence-electron chi connectivity index (χ3n) is 6.30. The number of carbonyl (C=O) groups excluding carboxylic acids is 1. The van der Waals surface area contributed by atoms with Crippen molar-refractivity contribution in [2.24, 2.45) is 5.10 Å². The van der Waals surface area contributed by atoms with Gasteiger partial charge in [-0.15, -0.1) is 0 Å². The highest BCUT2D eigenvalue weighted by Gasteiger charge is 2.28. The molecule has 1 N–H and O–H groups in total. The largest absolute Gasteiger partial charge is 0.493 e. The molecule has 0 saturated carbocycles. The summed E-state index contributed by atoms with van der Waals surface area (Å²) >= 11 is 6.02. The lowest BCUT2D eigenvalue weighted by molar-refractivity contribution is -0.119. The molecule has 0 aliphatic rings. The molecule has 9 nitrogen and oxygen atoms in total. The fourth-order valence-corrected chi connectivity index (χ4v) is 5.94. The van der Waals surface area contributed by atoms with Crippen LogP contribution in [0.5, 0.6) is 17.2 Å². The number of rotatable bonds is 12. The predicted octanol–water partition coefficient (Wildman–Crippen LogP) is 5.90. The highest BCUT2D eigenvalue weighted by Crippen LogP contribution is 2.32. The van der Waals surface area contributed by atoms with Gasteiger partial charge in [-0.25, -0.2) is 13.8 Å². The van der Waals surface area contributed by atoms with Gasteiger partial charge in [-0.2, -0.15) is 5.10 Å². The Balaban J connectivity index is 1.47. The molecule has 0 aliphatic carbocycles.